The van der Waals surface area contributed by atoms with Gasteiger partial charge in [0.15, 0.2) is 0 Å². The largest absolute Gasteiger partial charge is 0.385 e. The van der Waals surface area contributed by atoms with Crippen molar-refractivity contribution in [1.29, 1.82) is 0 Å². The first-order valence-electron chi connectivity index (χ1n) is 5.32. The molecule has 0 aromatic carbocycles. The number of methoxy groups -OCH3 is 1. The zero-order valence-electron chi connectivity index (χ0n) is 9.07. The topological polar surface area (TPSA) is 33.3 Å². The summed E-state index contributed by atoms with van der Waals surface area (Å²) in [5.41, 5.74) is 0. The minimum atomic E-state index is 0.857. The quantitative estimate of drug-likeness (QED) is 0.502. The number of nitrogens with one attached hydrogen (secondary N) is 2. The van der Waals surface area contributed by atoms with Gasteiger partial charge in [-0.1, -0.05) is 13.3 Å². The van der Waals surface area contributed by atoms with Crippen LogP contribution in [0.3, 0.4) is 0 Å². The highest BCUT2D eigenvalue weighted by Gasteiger charge is 1.88. The van der Waals surface area contributed by atoms with Crippen molar-refractivity contribution >= 4 is 0 Å². The second-order valence-corrected chi connectivity index (χ2v) is 3.20. The van der Waals surface area contributed by atoms with Gasteiger partial charge in [0, 0.05) is 26.8 Å². The van der Waals surface area contributed by atoms with E-state index in [1.807, 2.05) is 0 Å². The Balaban J connectivity index is 2.76. The van der Waals surface area contributed by atoms with Gasteiger partial charge in [-0.05, 0) is 25.9 Å². The summed E-state index contributed by atoms with van der Waals surface area (Å²) in [6.07, 6.45) is 3.66. The van der Waals surface area contributed by atoms with Gasteiger partial charge < -0.3 is 15.4 Å². The van der Waals surface area contributed by atoms with Gasteiger partial charge in [0.2, 0.25) is 0 Å². The number of unbranched alkanes of at least 4 members (excludes halogenated alkanes) is 1. The summed E-state index contributed by atoms with van der Waals surface area (Å²) in [5.74, 6) is 0. The molecule has 0 spiro atoms. The fourth-order valence-electron chi connectivity index (χ4n) is 1.07. The lowest BCUT2D eigenvalue weighted by Gasteiger charge is -2.05. The monoisotopic (exact) mass is 188 g/mol. The van der Waals surface area contributed by atoms with Crippen molar-refractivity contribution in [2.24, 2.45) is 0 Å². The van der Waals surface area contributed by atoms with Crippen LogP contribution in [0.5, 0.6) is 0 Å². The third-order valence-corrected chi connectivity index (χ3v) is 1.89. The molecule has 0 aliphatic heterocycles. The number of hydrogen-bond donors (Lipinski definition) is 2. The summed E-state index contributed by atoms with van der Waals surface area (Å²) < 4.78 is 4.95. The lowest BCUT2D eigenvalue weighted by atomic mass is 10.3. The molecule has 0 atom stereocenters. The first-order valence-corrected chi connectivity index (χ1v) is 5.32. The predicted octanol–water partition coefficient (Wildman–Crippen LogP) is 1.00. The van der Waals surface area contributed by atoms with E-state index in [0.717, 1.165) is 39.2 Å². The van der Waals surface area contributed by atoms with Gasteiger partial charge >= 0.3 is 0 Å². The van der Waals surface area contributed by atoms with E-state index in [-0.39, 0.29) is 0 Å². The van der Waals surface area contributed by atoms with Crippen molar-refractivity contribution in [2.45, 2.75) is 26.2 Å². The van der Waals surface area contributed by atoms with Crippen LogP contribution in [0.25, 0.3) is 0 Å². The van der Waals surface area contributed by atoms with Crippen LogP contribution < -0.4 is 10.6 Å². The van der Waals surface area contributed by atoms with Crippen LogP contribution in [-0.2, 0) is 4.74 Å². The molecule has 0 aromatic rings. The molecule has 0 aliphatic rings. The predicted molar refractivity (Wildman–Crippen MR) is 57.1 cm³/mol. The summed E-state index contributed by atoms with van der Waals surface area (Å²) in [7, 11) is 1.74. The maximum Gasteiger partial charge on any atom is 0.0474 e. The van der Waals surface area contributed by atoms with Crippen molar-refractivity contribution in [1.82, 2.24) is 10.6 Å². The summed E-state index contributed by atoms with van der Waals surface area (Å²) in [5, 5.41) is 6.74. The number of rotatable bonds is 10. The molecule has 3 nitrogen and oxygen atoms in total. The van der Waals surface area contributed by atoms with Crippen LogP contribution in [0.15, 0.2) is 0 Å². The zero-order chi connectivity index (χ0) is 9.78. The van der Waals surface area contributed by atoms with Crippen LogP contribution >= 0.6 is 0 Å². The van der Waals surface area contributed by atoms with Gasteiger partial charge in [-0.15, -0.1) is 0 Å². The Kier molecular flexibility index (Phi) is 11.8. The van der Waals surface area contributed by atoms with Crippen molar-refractivity contribution in [3.8, 4) is 0 Å². The zero-order valence-corrected chi connectivity index (χ0v) is 9.07. The second kappa shape index (κ2) is 11.9. The van der Waals surface area contributed by atoms with E-state index in [4.69, 9.17) is 4.74 Å². The van der Waals surface area contributed by atoms with Gasteiger partial charge in [-0.2, -0.15) is 0 Å². The molecule has 0 saturated heterocycles. The van der Waals surface area contributed by atoms with Gasteiger partial charge in [0.1, 0.15) is 0 Å². The Morgan fingerprint density at radius 2 is 1.54 bits per heavy atom. The van der Waals surface area contributed by atoms with E-state index in [9.17, 15) is 0 Å². The summed E-state index contributed by atoms with van der Waals surface area (Å²) in [6, 6.07) is 0. The molecule has 3 heteroatoms. The molecular formula is C10H24N2O. The molecule has 0 heterocycles. The van der Waals surface area contributed by atoms with E-state index in [2.05, 4.69) is 17.6 Å². The Morgan fingerprint density at radius 1 is 0.923 bits per heavy atom. The van der Waals surface area contributed by atoms with Crippen LogP contribution in [0.4, 0.5) is 0 Å². The molecular weight excluding hydrogens is 164 g/mol. The standard InChI is InChI=1S/C10H24N2O/c1-3-4-6-11-8-9-12-7-5-10-13-2/h11-12H,3-10H2,1-2H3. The van der Waals surface area contributed by atoms with Gasteiger partial charge in [-0.25, -0.2) is 0 Å². The van der Waals surface area contributed by atoms with E-state index < -0.39 is 0 Å². The Hall–Kier alpha value is -0.120. The lowest BCUT2D eigenvalue weighted by Crippen LogP contribution is -2.28. The minimum absolute atomic E-state index is 0.857. The third-order valence-electron chi connectivity index (χ3n) is 1.89. The average Bonchev–Trinajstić information content (AvgIpc) is 2.16. The minimum Gasteiger partial charge on any atom is -0.385 e. The van der Waals surface area contributed by atoms with E-state index in [1.54, 1.807) is 7.11 Å². The van der Waals surface area contributed by atoms with Crippen molar-refractivity contribution in [3.05, 3.63) is 0 Å². The molecule has 0 radical (unpaired) electrons. The maximum atomic E-state index is 4.95. The summed E-state index contributed by atoms with van der Waals surface area (Å²) in [6.45, 7) is 7.42. The van der Waals surface area contributed by atoms with Crippen molar-refractivity contribution in [3.63, 3.8) is 0 Å². The van der Waals surface area contributed by atoms with E-state index >= 15 is 0 Å². The molecule has 0 rings (SSSR count). The normalized spacial score (nSPS) is 10.6. The Bertz CT molecular complexity index is 79.0. The van der Waals surface area contributed by atoms with Crippen LogP contribution in [0, 0.1) is 0 Å². The molecule has 0 amide bonds. The van der Waals surface area contributed by atoms with Gasteiger partial charge in [-0.3, -0.25) is 0 Å². The highest BCUT2D eigenvalue weighted by atomic mass is 16.5. The fourth-order valence-corrected chi connectivity index (χ4v) is 1.07. The molecule has 2 N–H and O–H groups in total. The molecule has 0 saturated carbocycles. The summed E-state index contributed by atoms with van der Waals surface area (Å²) in [4.78, 5) is 0. The Morgan fingerprint density at radius 3 is 2.08 bits per heavy atom. The van der Waals surface area contributed by atoms with Gasteiger partial charge in [0.25, 0.3) is 0 Å². The molecule has 80 valence electrons. The van der Waals surface area contributed by atoms with Crippen molar-refractivity contribution < 1.29 is 4.74 Å². The molecule has 0 aromatic heterocycles. The smallest absolute Gasteiger partial charge is 0.0474 e. The number of hydrogen-bond acceptors (Lipinski definition) is 3. The number of ether oxygens (including phenoxy) is 1. The first-order chi connectivity index (χ1) is 6.41. The highest BCUT2D eigenvalue weighted by Crippen LogP contribution is 1.81. The molecule has 0 bridgehead atoms. The highest BCUT2D eigenvalue weighted by molar-refractivity contribution is 4.51. The van der Waals surface area contributed by atoms with Gasteiger partial charge in [0.05, 0.1) is 0 Å². The SMILES string of the molecule is CCCCNCCNCCCOC. The average molecular weight is 188 g/mol. The van der Waals surface area contributed by atoms with Crippen LogP contribution in [0.2, 0.25) is 0 Å². The third kappa shape index (κ3) is 11.9. The summed E-state index contributed by atoms with van der Waals surface area (Å²) >= 11 is 0. The molecule has 0 aliphatic carbocycles. The van der Waals surface area contributed by atoms with E-state index in [1.165, 1.54) is 12.8 Å². The molecule has 0 fully saturated rings. The Labute approximate surface area is 82.2 Å². The lowest BCUT2D eigenvalue weighted by molar-refractivity contribution is 0.194. The van der Waals surface area contributed by atoms with Crippen molar-refractivity contribution in [2.75, 3.05) is 39.9 Å². The fraction of sp³-hybridized carbons (Fsp3) is 1.00. The van der Waals surface area contributed by atoms with Crippen LogP contribution in [-0.4, -0.2) is 39.9 Å². The molecule has 0 unspecified atom stereocenters. The first kappa shape index (κ1) is 12.9. The van der Waals surface area contributed by atoms with Crippen LogP contribution in [0.1, 0.15) is 26.2 Å². The second-order valence-electron chi connectivity index (χ2n) is 3.20. The van der Waals surface area contributed by atoms with E-state index in [0.29, 0.717) is 0 Å². The molecule has 13 heavy (non-hydrogen) atoms. The maximum absolute atomic E-state index is 4.95.